The molecule has 0 spiro atoms. The number of Topliss-reactive ketones (excluding diaryl/α,β-unsaturated/α-hetero) is 1. The van der Waals surface area contributed by atoms with Crippen LogP contribution < -0.4 is 14.4 Å². The number of para-hydroxylation sites is 1. The minimum absolute atomic E-state index is 0.0333. The number of carbonyl (C=O) groups is 1. The summed E-state index contributed by atoms with van der Waals surface area (Å²) in [6.45, 7) is 0.573. The van der Waals surface area contributed by atoms with Crippen molar-refractivity contribution in [1.82, 2.24) is 4.98 Å². The first-order valence-corrected chi connectivity index (χ1v) is 10.7. The van der Waals surface area contributed by atoms with Gasteiger partial charge in [0.2, 0.25) is 0 Å². The number of pyridine rings is 1. The molecule has 1 aliphatic heterocycles. The molecule has 9 heteroatoms. The largest absolute Gasteiger partial charge is 0.488 e. The van der Waals surface area contributed by atoms with Crippen molar-refractivity contribution in [1.29, 1.82) is 0 Å². The molecule has 0 aliphatic carbocycles. The summed E-state index contributed by atoms with van der Waals surface area (Å²) < 4.78 is 47.6. The summed E-state index contributed by atoms with van der Waals surface area (Å²) in [5.74, 6) is 0.906. The molecule has 2 heterocycles. The summed E-state index contributed by atoms with van der Waals surface area (Å²) in [4.78, 5) is 19.5. The number of anilines is 2. The molecule has 178 valence electrons. The molecule has 0 unspecified atom stereocenters. The number of ketones is 1. The topological polar surface area (TPSA) is 71.9 Å². The van der Waals surface area contributed by atoms with E-state index in [2.05, 4.69) is 4.98 Å². The van der Waals surface area contributed by atoms with Gasteiger partial charge >= 0.3 is 6.18 Å². The lowest BCUT2D eigenvalue weighted by Gasteiger charge is -2.37. The van der Waals surface area contributed by atoms with E-state index in [-0.39, 0.29) is 37.2 Å². The molecule has 3 aromatic rings. The molecule has 34 heavy (non-hydrogen) atoms. The first-order chi connectivity index (χ1) is 16.2. The number of benzene rings is 2. The number of nitrogens with zero attached hydrogens (tertiary/aromatic N) is 2. The Hall–Kier alpha value is -3.59. The van der Waals surface area contributed by atoms with Crippen LogP contribution in [0.25, 0.3) is 0 Å². The van der Waals surface area contributed by atoms with Gasteiger partial charge < -0.3 is 19.5 Å². The van der Waals surface area contributed by atoms with Crippen LogP contribution in [0.5, 0.6) is 11.5 Å². The van der Waals surface area contributed by atoms with E-state index in [1.165, 1.54) is 12.1 Å². The Balaban J connectivity index is 1.56. The fourth-order valence-electron chi connectivity index (χ4n) is 3.73. The maximum Gasteiger partial charge on any atom is 0.422 e. The van der Waals surface area contributed by atoms with Gasteiger partial charge in [0.25, 0.3) is 0 Å². The second kappa shape index (κ2) is 9.72. The molecule has 1 aliphatic rings. The van der Waals surface area contributed by atoms with Crippen molar-refractivity contribution in [3.63, 3.8) is 0 Å². The number of aryl methyl sites for hydroxylation is 1. The Morgan fingerprint density at radius 3 is 2.59 bits per heavy atom. The minimum Gasteiger partial charge on any atom is -0.488 e. The number of alkyl halides is 3. The molecule has 0 saturated heterocycles. The van der Waals surface area contributed by atoms with Gasteiger partial charge in [-0.3, -0.25) is 4.79 Å². The van der Waals surface area contributed by atoms with E-state index >= 15 is 0 Å². The number of aliphatic hydroxyl groups excluding tert-OH is 1. The smallest absolute Gasteiger partial charge is 0.422 e. The van der Waals surface area contributed by atoms with Crippen molar-refractivity contribution in [3.8, 4) is 11.5 Å². The quantitative estimate of drug-likeness (QED) is 0.505. The predicted molar refractivity (Wildman–Crippen MR) is 120 cm³/mol. The van der Waals surface area contributed by atoms with E-state index in [4.69, 9.17) is 9.47 Å². The van der Waals surface area contributed by atoms with Crippen LogP contribution in [-0.4, -0.2) is 47.9 Å². The number of aliphatic hydroxyl groups is 1. The molecule has 6 nitrogen and oxygen atoms in total. The highest BCUT2D eigenvalue weighted by Gasteiger charge is 2.32. The van der Waals surface area contributed by atoms with E-state index in [1.54, 1.807) is 30.5 Å². The van der Waals surface area contributed by atoms with Gasteiger partial charge in [0.15, 0.2) is 18.1 Å². The van der Waals surface area contributed by atoms with Gasteiger partial charge in [0.05, 0.1) is 23.9 Å². The Bertz CT molecular complexity index is 1150. The first kappa shape index (κ1) is 23.6. The molecule has 2 aromatic carbocycles. The van der Waals surface area contributed by atoms with Crippen LogP contribution in [0.1, 0.15) is 21.5 Å². The first-order valence-electron chi connectivity index (χ1n) is 10.7. The molecule has 0 saturated carbocycles. The molecule has 1 N–H and O–H groups in total. The Morgan fingerprint density at radius 1 is 1.18 bits per heavy atom. The van der Waals surface area contributed by atoms with Crippen LogP contribution >= 0.6 is 0 Å². The van der Waals surface area contributed by atoms with E-state index < -0.39 is 12.8 Å². The van der Waals surface area contributed by atoms with Crippen molar-refractivity contribution >= 4 is 17.3 Å². The standard InChI is InChI=1S/C25H23F3N2O4/c1-16-5-10-23(29-12-16)30-18(13-31)14-33-24-20(3-2-4-21(24)30)22(32)11-17-6-8-19(9-7-17)34-15-25(26,27)28/h2-10,12,18,31H,11,13-15H2,1H3/t18-/m0/s1. The molecule has 0 amide bonds. The number of halogens is 3. The second-order valence-electron chi connectivity index (χ2n) is 8.01. The predicted octanol–water partition coefficient (Wildman–Crippen LogP) is 4.65. The highest BCUT2D eigenvalue weighted by atomic mass is 19.4. The summed E-state index contributed by atoms with van der Waals surface area (Å²) in [6.07, 6.45) is -2.65. The number of hydrogen-bond acceptors (Lipinski definition) is 6. The fraction of sp³-hybridized carbons (Fsp3) is 0.280. The molecule has 0 fully saturated rings. The van der Waals surface area contributed by atoms with Crippen LogP contribution in [0.4, 0.5) is 24.7 Å². The summed E-state index contributed by atoms with van der Waals surface area (Å²) in [6, 6.07) is 14.6. The average molecular weight is 472 g/mol. The van der Waals surface area contributed by atoms with Gasteiger partial charge in [-0.15, -0.1) is 0 Å². The highest BCUT2D eigenvalue weighted by Crippen LogP contribution is 2.41. The zero-order valence-corrected chi connectivity index (χ0v) is 18.4. The molecule has 1 aromatic heterocycles. The number of ether oxygens (including phenoxy) is 2. The minimum atomic E-state index is -4.42. The van der Waals surface area contributed by atoms with Crippen LogP contribution in [0.3, 0.4) is 0 Å². The zero-order chi connectivity index (χ0) is 24.3. The molecule has 0 bridgehead atoms. The lowest BCUT2D eigenvalue weighted by molar-refractivity contribution is -0.153. The van der Waals surface area contributed by atoms with Crippen LogP contribution in [0.15, 0.2) is 60.8 Å². The normalized spacial score (nSPS) is 15.4. The van der Waals surface area contributed by atoms with Crippen molar-refractivity contribution in [2.45, 2.75) is 25.6 Å². The maximum atomic E-state index is 13.1. The van der Waals surface area contributed by atoms with Crippen LogP contribution in [0, 0.1) is 6.92 Å². The molecular formula is C25H23F3N2O4. The molecule has 1 atom stereocenters. The van der Waals surface area contributed by atoms with E-state index in [9.17, 15) is 23.1 Å². The summed E-state index contributed by atoms with van der Waals surface area (Å²) in [7, 11) is 0. The molecular weight excluding hydrogens is 449 g/mol. The number of rotatable bonds is 7. The van der Waals surface area contributed by atoms with E-state index in [1.807, 2.05) is 30.0 Å². The highest BCUT2D eigenvalue weighted by molar-refractivity contribution is 6.02. The fourth-order valence-corrected chi connectivity index (χ4v) is 3.73. The summed E-state index contributed by atoms with van der Waals surface area (Å²) in [5, 5.41) is 9.89. The Morgan fingerprint density at radius 2 is 1.94 bits per heavy atom. The van der Waals surface area contributed by atoms with Crippen molar-refractivity contribution < 1.29 is 32.5 Å². The lowest BCUT2D eigenvalue weighted by Crippen LogP contribution is -2.43. The molecule has 4 rings (SSSR count). The number of fused-ring (bicyclic) bond motifs is 1. The van der Waals surface area contributed by atoms with Crippen LogP contribution in [0.2, 0.25) is 0 Å². The van der Waals surface area contributed by atoms with Gasteiger partial charge in [0.1, 0.15) is 18.2 Å². The monoisotopic (exact) mass is 472 g/mol. The van der Waals surface area contributed by atoms with E-state index in [0.717, 1.165) is 5.56 Å². The van der Waals surface area contributed by atoms with Crippen molar-refractivity contribution in [2.24, 2.45) is 0 Å². The van der Waals surface area contributed by atoms with Gasteiger partial charge in [-0.1, -0.05) is 24.3 Å². The molecule has 0 radical (unpaired) electrons. The number of aromatic nitrogens is 1. The lowest BCUT2D eigenvalue weighted by atomic mass is 9.99. The zero-order valence-electron chi connectivity index (χ0n) is 18.4. The third-order valence-electron chi connectivity index (χ3n) is 5.38. The summed E-state index contributed by atoms with van der Waals surface area (Å²) in [5.41, 5.74) is 2.63. The number of carbonyl (C=O) groups excluding carboxylic acids is 1. The van der Waals surface area contributed by atoms with E-state index in [0.29, 0.717) is 28.4 Å². The van der Waals surface area contributed by atoms with Gasteiger partial charge in [-0.2, -0.15) is 13.2 Å². The average Bonchev–Trinajstić information content (AvgIpc) is 2.82. The van der Waals surface area contributed by atoms with Crippen LogP contribution in [-0.2, 0) is 6.42 Å². The van der Waals surface area contributed by atoms with Crippen molar-refractivity contribution in [3.05, 3.63) is 77.5 Å². The van der Waals surface area contributed by atoms with Gasteiger partial charge in [0, 0.05) is 12.6 Å². The van der Waals surface area contributed by atoms with Crippen molar-refractivity contribution in [2.75, 3.05) is 24.7 Å². The third kappa shape index (κ3) is 5.31. The number of hydrogen-bond donors (Lipinski definition) is 1. The Labute approximate surface area is 194 Å². The van der Waals surface area contributed by atoms with Gasteiger partial charge in [-0.25, -0.2) is 4.98 Å². The maximum absolute atomic E-state index is 13.1. The summed E-state index contributed by atoms with van der Waals surface area (Å²) >= 11 is 0. The van der Waals surface area contributed by atoms with Gasteiger partial charge in [-0.05, 0) is 48.4 Å². The Kier molecular flexibility index (Phi) is 6.74. The third-order valence-corrected chi connectivity index (χ3v) is 5.38. The second-order valence-corrected chi connectivity index (χ2v) is 8.01. The SMILES string of the molecule is Cc1ccc(N2c3cccc(C(=O)Cc4ccc(OCC(F)(F)F)cc4)c3OC[C@@H]2CO)nc1.